The molecule has 0 aliphatic carbocycles. The molecule has 2 nitrogen and oxygen atoms in total. The highest BCUT2D eigenvalue weighted by atomic mass is 32.2. The molecule has 0 saturated carbocycles. The second kappa shape index (κ2) is 5.84. The van der Waals surface area contributed by atoms with Crippen LogP contribution in [0, 0.1) is 0 Å². The number of hydrogen-bond donors (Lipinski definition) is 1. The molecule has 1 unspecified atom stereocenters. The van der Waals surface area contributed by atoms with Crippen molar-refractivity contribution >= 4 is 11.8 Å². The summed E-state index contributed by atoms with van der Waals surface area (Å²) in [6.45, 7) is 1.75. The number of pyridine rings is 1. The largest absolute Gasteiger partial charge is 0.389 e. The van der Waals surface area contributed by atoms with E-state index >= 15 is 0 Å². The molecule has 3 heteroatoms. The number of thioether (sulfide) groups is 1. The molecule has 0 fully saturated rings. The van der Waals surface area contributed by atoms with E-state index in [1.54, 1.807) is 24.9 Å². The minimum atomic E-state index is -0.459. The van der Waals surface area contributed by atoms with Crippen LogP contribution in [0.15, 0.2) is 53.7 Å². The lowest BCUT2D eigenvalue weighted by Gasteiger charge is -2.06. The summed E-state index contributed by atoms with van der Waals surface area (Å²) < 4.78 is 0. The number of rotatable bonds is 4. The van der Waals surface area contributed by atoms with Crippen molar-refractivity contribution in [1.29, 1.82) is 0 Å². The van der Waals surface area contributed by atoms with Crippen molar-refractivity contribution in [2.24, 2.45) is 0 Å². The highest BCUT2D eigenvalue weighted by Gasteiger charge is 2.03. The molecule has 2 aromatic rings. The van der Waals surface area contributed by atoms with Crippen molar-refractivity contribution in [2.45, 2.75) is 23.7 Å². The Morgan fingerprint density at radius 1 is 1.24 bits per heavy atom. The standard InChI is InChI=1S/C14H15NOS/c1-11(16)13-7-14(9-15-8-13)17-10-12-5-3-2-4-6-12/h2-9,11,16H,10H2,1H3. The Hall–Kier alpha value is -1.32. The van der Waals surface area contributed by atoms with Crippen LogP contribution in [0.2, 0.25) is 0 Å². The van der Waals surface area contributed by atoms with E-state index in [0.717, 1.165) is 16.2 Å². The van der Waals surface area contributed by atoms with Crippen molar-refractivity contribution in [3.8, 4) is 0 Å². The highest BCUT2D eigenvalue weighted by molar-refractivity contribution is 7.98. The Morgan fingerprint density at radius 2 is 2.00 bits per heavy atom. The average molecular weight is 245 g/mol. The molecule has 0 aliphatic rings. The zero-order valence-corrected chi connectivity index (χ0v) is 10.5. The molecule has 2 rings (SSSR count). The van der Waals surface area contributed by atoms with Crippen LogP contribution in [0.4, 0.5) is 0 Å². The van der Waals surface area contributed by atoms with Crippen LogP contribution in [-0.2, 0) is 5.75 Å². The van der Waals surface area contributed by atoms with E-state index in [1.165, 1.54) is 5.56 Å². The number of hydrogen-bond acceptors (Lipinski definition) is 3. The summed E-state index contributed by atoms with van der Waals surface area (Å²) in [7, 11) is 0. The van der Waals surface area contributed by atoms with Gasteiger partial charge in [0.2, 0.25) is 0 Å². The van der Waals surface area contributed by atoms with Crippen molar-refractivity contribution < 1.29 is 5.11 Å². The fraction of sp³-hybridized carbons (Fsp3) is 0.214. The molecule has 1 aromatic heterocycles. The minimum Gasteiger partial charge on any atom is -0.389 e. The number of aromatic nitrogens is 1. The first kappa shape index (κ1) is 12.1. The quantitative estimate of drug-likeness (QED) is 0.838. The number of benzene rings is 1. The van der Waals surface area contributed by atoms with Crippen LogP contribution < -0.4 is 0 Å². The van der Waals surface area contributed by atoms with E-state index in [9.17, 15) is 5.11 Å². The Morgan fingerprint density at radius 3 is 2.71 bits per heavy atom. The Balaban J connectivity index is 2.02. The molecule has 1 heterocycles. The van der Waals surface area contributed by atoms with Crippen LogP contribution in [0.25, 0.3) is 0 Å². The first-order valence-corrected chi connectivity index (χ1v) is 6.54. The zero-order chi connectivity index (χ0) is 12.1. The van der Waals surface area contributed by atoms with Gasteiger partial charge in [-0.3, -0.25) is 4.98 Å². The third-order valence-electron chi connectivity index (χ3n) is 2.47. The van der Waals surface area contributed by atoms with E-state index in [2.05, 4.69) is 17.1 Å². The van der Waals surface area contributed by atoms with Gasteiger partial charge in [0.1, 0.15) is 0 Å². The topological polar surface area (TPSA) is 33.1 Å². The van der Waals surface area contributed by atoms with Gasteiger partial charge in [-0.25, -0.2) is 0 Å². The van der Waals surface area contributed by atoms with Crippen LogP contribution in [0.1, 0.15) is 24.2 Å². The molecule has 17 heavy (non-hydrogen) atoms. The van der Waals surface area contributed by atoms with Gasteiger partial charge < -0.3 is 5.11 Å². The molecule has 0 radical (unpaired) electrons. The predicted molar refractivity (Wildman–Crippen MR) is 70.9 cm³/mol. The maximum absolute atomic E-state index is 9.48. The van der Waals surface area contributed by atoms with Gasteiger partial charge in [0, 0.05) is 23.0 Å². The molecule has 0 spiro atoms. The first-order chi connectivity index (χ1) is 8.25. The van der Waals surface area contributed by atoms with Gasteiger partial charge in [-0.1, -0.05) is 30.3 Å². The first-order valence-electron chi connectivity index (χ1n) is 5.55. The summed E-state index contributed by atoms with van der Waals surface area (Å²) >= 11 is 1.73. The minimum absolute atomic E-state index is 0.459. The van der Waals surface area contributed by atoms with E-state index in [1.807, 2.05) is 30.5 Å². The van der Waals surface area contributed by atoms with Crippen molar-refractivity contribution in [3.05, 3.63) is 59.9 Å². The lowest BCUT2D eigenvalue weighted by Crippen LogP contribution is -1.92. The Labute approximate surface area is 106 Å². The van der Waals surface area contributed by atoms with Gasteiger partial charge in [0.15, 0.2) is 0 Å². The van der Waals surface area contributed by atoms with E-state index < -0.39 is 6.10 Å². The Bertz CT molecular complexity index is 471. The Kier molecular flexibility index (Phi) is 4.18. The van der Waals surface area contributed by atoms with Crippen molar-refractivity contribution in [3.63, 3.8) is 0 Å². The molecular formula is C14H15NOS. The smallest absolute Gasteiger partial charge is 0.0777 e. The number of aliphatic hydroxyl groups is 1. The van der Waals surface area contributed by atoms with Gasteiger partial charge in [0.25, 0.3) is 0 Å². The maximum Gasteiger partial charge on any atom is 0.0777 e. The van der Waals surface area contributed by atoms with Gasteiger partial charge >= 0.3 is 0 Å². The van der Waals surface area contributed by atoms with Crippen LogP contribution in [0.5, 0.6) is 0 Å². The molecule has 0 amide bonds. The molecule has 0 saturated heterocycles. The monoisotopic (exact) mass is 245 g/mol. The molecule has 88 valence electrons. The molecule has 1 atom stereocenters. The van der Waals surface area contributed by atoms with E-state index in [-0.39, 0.29) is 0 Å². The predicted octanol–water partition coefficient (Wildman–Crippen LogP) is 3.43. The van der Waals surface area contributed by atoms with Crippen LogP contribution in [0.3, 0.4) is 0 Å². The summed E-state index contributed by atoms with van der Waals surface area (Å²) in [5, 5.41) is 9.48. The summed E-state index contributed by atoms with van der Waals surface area (Å²) in [6.07, 6.45) is 3.08. The fourth-order valence-corrected chi connectivity index (χ4v) is 2.36. The third-order valence-corrected chi connectivity index (χ3v) is 3.50. The molecule has 1 N–H and O–H groups in total. The van der Waals surface area contributed by atoms with Gasteiger partial charge in [0.05, 0.1) is 6.10 Å². The lowest BCUT2D eigenvalue weighted by molar-refractivity contribution is 0.198. The van der Waals surface area contributed by atoms with Gasteiger partial charge in [-0.2, -0.15) is 0 Å². The number of nitrogens with zero attached hydrogens (tertiary/aromatic N) is 1. The normalized spacial score (nSPS) is 12.4. The maximum atomic E-state index is 9.48. The summed E-state index contributed by atoms with van der Waals surface area (Å²) in [6, 6.07) is 12.3. The van der Waals surface area contributed by atoms with Gasteiger partial charge in [-0.15, -0.1) is 11.8 Å². The SMILES string of the molecule is CC(O)c1cncc(SCc2ccccc2)c1. The average Bonchev–Trinajstić information content (AvgIpc) is 2.38. The zero-order valence-electron chi connectivity index (χ0n) is 9.71. The van der Waals surface area contributed by atoms with Crippen molar-refractivity contribution in [2.75, 3.05) is 0 Å². The van der Waals surface area contributed by atoms with Crippen molar-refractivity contribution in [1.82, 2.24) is 4.98 Å². The van der Waals surface area contributed by atoms with Gasteiger partial charge in [-0.05, 0) is 24.1 Å². The van der Waals surface area contributed by atoms with Crippen LogP contribution in [-0.4, -0.2) is 10.1 Å². The third kappa shape index (κ3) is 3.58. The lowest BCUT2D eigenvalue weighted by atomic mass is 10.2. The fourth-order valence-electron chi connectivity index (χ4n) is 1.48. The van der Waals surface area contributed by atoms with Crippen LogP contribution >= 0.6 is 11.8 Å². The molecule has 0 bridgehead atoms. The van der Waals surface area contributed by atoms with E-state index in [4.69, 9.17) is 0 Å². The second-order valence-electron chi connectivity index (χ2n) is 3.90. The highest BCUT2D eigenvalue weighted by Crippen LogP contribution is 2.24. The molecule has 0 aliphatic heterocycles. The number of aliphatic hydroxyl groups excluding tert-OH is 1. The summed E-state index contributed by atoms with van der Waals surface area (Å²) in [5.41, 5.74) is 2.16. The second-order valence-corrected chi connectivity index (χ2v) is 4.95. The molecular weight excluding hydrogens is 230 g/mol. The summed E-state index contributed by atoms with van der Waals surface area (Å²) in [5.74, 6) is 0.922. The molecule has 1 aromatic carbocycles. The summed E-state index contributed by atoms with van der Waals surface area (Å²) in [4.78, 5) is 5.23. The van der Waals surface area contributed by atoms with E-state index in [0.29, 0.717) is 0 Å².